The molecule has 0 saturated carbocycles. The van der Waals surface area contributed by atoms with E-state index in [0.29, 0.717) is 24.8 Å². The Labute approximate surface area is 181 Å². The Hall–Kier alpha value is -3.03. The molecule has 1 aromatic rings. The number of ketones is 1. The lowest BCUT2D eigenvalue weighted by atomic mass is 9.97. The monoisotopic (exact) mass is 427 g/mol. The summed E-state index contributed by atoms with van der Waals surface area (Å²) in [6.07, 6.45) is 5.18. The summed E-state index contributed by atoms with van der Waals surface area (Å²) in [5, 5.41) is 4.90. The van der Waals surface area contributed by atoms with Gasteiger partial charge in [0, 0.05) is 44.8 Å². The zero-order valence-electron chi connectivity index (χ0n) is 17.9. The topological polar surface area (TPSA) is 113 Å². The summed E-state index contributed by atoms with van der Waals surface area (Å²) in [4.78, 5) is 61.6. The molecular formula is C23H29N3O5. The second kappa shape index (κ2) is 10.3. The number of rotatable bonds is 10. The standard InChI is InChI=1S/C23H29N3O5/c1-24-20(28)10-5-3-2-4-8-16(27)13-15-7-6-9-17-18(15)14-26(23(17)31)19-11-12-21(29)25-22(19)30/h6-7,9,19H,2-5,8,10-14H2,1H3,(H,24,28)(H,25,29,30). The second-order valence-electron chi connectivity index (χ2n) is 8.15. The molecule has 3 rings (SSSR count). The van der Waals surface area contributed by atoms with Gasteiger partial charge < -0.3 is 10.2 Å². The highest BCUT2D eigenvalue weighted by molar-refractivity contribution is 6.05. The number of benzene rings is 1. The number of Topliss-reactive ketones (excluding diaryl/α,β-unsaturated/α-hetero) is 1. The van der Waals surface area contributed by atoms with Gasteiger partial charge in [0.1, 0.15) is 11.8 Å². The molecule has 0 spiro atoms. The van der Waals surface area contributed by atoms with Gasteiger partial charge in [-0.05, 0) is 36.5 Å². The largest absolute Gasteiger partial charge is 0.359 e. The number of unbranched alkanes of at least 4 members (excludes halogenated alkanes) is 3. The lowest BCUT2D eigenvalue weighted by molar-refractivity contribution is -0.137. The summed E-state index contributed by atoms with van der Waals surface area (Å²) >= 11 is 0. The molecule has 2 N–H and O–H groups in total. The van der Waals surface area contributed by atoms with Crippen LogP contribution in [0.25, 0.3) is 0 Å². The van der Waals surface area contributed by atoms with E-state index in [9.17, 15) is 24.0 Å². The third-order valence-electron chi connectivity index (χ3n) is 5.96. The van der Waals surface area contributed by atoms with Crippen LogP contribution in [0.5, 0.6) is 0 Å². The van der Waals surface area contributed by atoms with Crippen molar-refractivity contribution in [2.45, 2.75) is 70.4 Å². The van der Waals surface area contributed by atoms with E-state index < -0.39 is 11.9 Å². The zero-order valence-corrected chi connectivity index (χ0v) is 17.9. The molecule has 2 heterocycles. The van der Waals surface area contributed by atoms with Crippen molar-refractivity contribution in [1.29, 1.82) is 0 Å². The Morgan fingerprint density at radius 3 is 2.55 bits per heavy atom. The van der Waals surface area contributed by atoms with Crippen LogP contribution in [0.15, 0.2) is 18.2 Å². The van der Waals surface area contributed by atoms with Crippen molar-refractivity contribution >= 4 is 29.4 Å². The van der Waals surface area contributed by atoms with E-state index in [1.54, 1.807) is 19.2 Å². The van der Waals surface area contributed by atoms with Crippen LogP contribution in [0.4, 0.5) is 0 Å². The summed E-state index contributed by atoms with van der Waals surface area (Å²) < 4.78 is 0. The minimum Gasteiger partial charge on any atom is -0.359 e. The van der Waals surface area contributed by atoms with Crippen LogP contribution in [0.2, 0.25) is 0 Å². The van der Waals surface area contributed by atoms with E-state index in [2.05, 4.69) is 10.6 Å². The number of carbonyl (C=O) groups is 5. The first-order chi connectivity index (χ1) is 14.9. The van der Waals surface area contributed by atoms with Crippen molar-refractivity contribution in [2.75, 3.05) is 7.05 Å². The normalized spacial score (nSPS) is 18.0. The molecule has 8 heteroatoms. The third kappa shape index (κ3) is 5.57. The first-order valence-corrected chi connectivity index (χ1v) is 10.9. The number of piperidine rings is 1. The average Bonchev–Trinajstić information content (AvgIpc) is 3.08. The minimum absolute atomic E-state index is 0.0370. The predicted molar refractivity (Wildman–Crippen MR) is 113 cm³/mol. The van der Waals surface area contributed by atoms with Gasteiger partial charge in [-0.1, -0.05) is 25.0 Å². The molecule has 2 aliphatic heterocycles. The molecule has 31 heavy (non-hydrogen) atoms. The number of hydrogen-bond acceptors (Lipinski definition) is 5. The molecule has 1 saturated heterocycles. The zero-order chi connectivity index (χ0) is 22.4. The summed E-state index contributed by atoms with van der Waals surface area (Å²) in [5.41, 5.74) is 2.16. The number of carbonyl (C=O) groups excluding carboxylic acids is 5. The highest BCUT2D eigenvalue weighted by Gasteiger charge is 2.39. The van der Waals surface area contributed by atoms with Gasteiger partial charge in [0.25, 0.3) is 5.91 Å². The molecule has 166 valence electrons. The van der Waals surface area contributed by atoms with Crippen LogP contribution in [0.1, 0.15) is 72.9 Å². The lowest BCUT2D eigenvalue weighted by Gasteiger charge is -2.29. The Kier molecular flexibility index (Phi) is 7.55. The highest BCUT2D eigenvalue weighted by Crippen LogP contribution is 2.30. The number of amides is 4. The van der Waals surface area contributed by atoms with E-state index in [1.165, 1.54) is 4.90 Å². The van der Waals surface area contributed by atoms with Crippen LogP contribution in [0.3, 0.4) is 0 Å². The molecule has 1 atom stereocenters. The Morgan fingerprint density at radius 1 is 1.10 bits per heavy atom. The minimum atomic E-state index is -0.657. The van der Waals surface area contributed by atoms with Crippen molar-refractivity contribution in [3.05, 3.63) is 34.9 Å². The lowest BCUT2D eigenvalue weighted by Crippen LogP contribution is -2.52. The van der Waals surface area contributed by atoms with Crippen molar-refractivity contribution in [2.24, 2.45) is 0 Å². The van der Waals surface area contributed by atoms with Gasteiger partial charge in [0.15, 0.2) is 0 Å². The van der Waals surface area contributed by atoms with Crippen molar-refractivity contribution in [3.8, 4) is 0 Å². The van der Waals surface area contributed by atoms with Crippen LogP contribution in [-0.2, 0) is 32.1 Å². The van der Waals surface area contributed by atoms with Gasteiger partial charge >= 0.3 is 0 Å². The SMILES string of the molecule is CNC(=O)CCCCCCC(=O)Cc1cccc2c1CN(C1CCC(=O)NC1=O)C2=O. The van der Waals surface area contributed by atoms with Gasteiger partial charge in [-0.3, -0.25) is 29.3 Å². The fourth-order valence-corrected chi connectivity index (χ4v) is 4.20. The van der Waals surface area contributed by atoms with Gasteiger partial charge in [-0.2, -0.15) is 0 Å². The van der Waals surface area contributed by atoms with Crippen LogP contribution in [-0.4, -0.2) is 47.4 Å². The molecule has 8 nitrogen and oxygen atoms in total. The van der Waals surface area contributed by atoms with Gasteiger partial charge in [0.05, 0.1) is 0 Å². The van der Waals surface area contributed by atoms with Gasteiger partial charge in [-0.25, -0.2) is 0 Å². The molecule has 0 aliphatic carbocycles. The van der Waals surface area contributed by atoms with Crippen LogP contribution in [0, 0.1) is 0 Å². The van der Waals surface area contributed by atoms with E-state index in [-0.39, 0.29) is 42.9 Å². The molecule has 2 aliphatic rings. The summed E-state index contributed by atoms with van der Waals surface area (Å²) in [5.74, 6) is -0.826. The van der Waals surface area contributed by atoms with E-state index in [1.807, 2.05) is 6.07 Å². The molecule has 0 bridgehead atoms. The first-order valence-electron chi connectivity index (χ1n) is 10.9. The van der Waals surface area contributed by atoms with Gasteiger partial charge in [-0.15, -0.1) is 0 Å². The van der Waals surface area contributed by atoms with E-state index >= 15 is 0 Å². The fourth-order valence-electron chi connectivity index (χ4n) is 4.20. The third-order valence-corrected chi connectivity index (χ3v) is 5.96. The number of imide groups is 1. The summed E-state index contributed by atoms with van der Waals surface area (Å²) in [6, 6.07) is 4.70. The van der Waals surface area contributed by atoms with Crippen molar-refractivity contribution in [3.63, 3.8) is 0 Å². The maximum Gasteiger partial charge on any atom is 0.255 e. The number of hydrogen-bond donors (Lipinski definition) is 2. The Bertz CT molecular complexity index is 895. The van der Waals surface area contributed by atoms with E-state index in [4.69, 9.17) is 0 Å². The molecule has 0 aromatic heterocycles. The highest BCUT2D eigenvalue weighted by atomic mass is 16.2. The Balaban J connectivity index is 1.53. The molecular weight excluding hydrogens is 398 g/mol. The molecule has 0 radical (unpaired) electrons. The van der Waals surface area contributed by atoms with Crippen molar-refractivity contribution < 1.29 is 24.0 Å². The summed E-state index contributed by atoms with van der Waals surface area (Å²) in [6.45, 7) is 0.281. The van der Waals surface area contributed by atoms with Gasteiger partial charge in [0.2, 0.25) is 17.7 Å². The number of fused-ring (bicyclic) bond motifs is 1. The Morgan fingerprint density at radius 2 is 1.84 bits per heavy atom. The predicted octanol–water partition coefficient (Wildman–Crippen LogP) is 1.65. The van der Waals surface area contributed by atoms with Crippen molar-refractivity contribution in [1.82, 2.24) is 15.5 Å². The van der Waals surface area contributed by atoms with Crippen LogP contribution < -0.4 is 10.6 Å². The quantitative estimate of drug-likeness (QED) is 0.435. The van der Waals surface area contributed by atoms with E-state index in [0.717, 1.165) is 36.8 Å². The first kappa shape index (κ1) is 22.7. The molecule has 4 amide bonds. The second-order valence-corrected chi connectivity index (χ2v) is 8.15. The average molecular weight is 428 g/mol. The van der Waals surface area contributed by atoms with Crippen LogP contribution >= 0.6 is 0 Å². The smallest absolute Gasteiger partial charge is 0.255 e. The fraction of sp³-hybridized carbons (Fsp3) is 0.522. The summed E-state index contributed by atoms with van der Waals surface area (Å²) in [7, 11) is 1.62. The maximum atomic E-state index is 12.9. The molecule has 1 unspecified atom stereocenters. The maximum absolute atomic E-state index is 12.9. The number of nitrogens with one attached hydrogen (secondary N) is 2. The number of nitrogens with zero attached hydrogens (tertiary/aromatic N) is 1. The molecule has 1 fully saturated rings. The molecule has 1 aromatic carbocycles.